The molecule has 1 N–H and O–H groups in total. The van der Waals surface area contributed by atoms with E-state index < -0.39 is 0 Å². The van der Waals surface area contributed by atoms with Crippen LogP contribution in [0.5, 0.6) is 0 Å². The van der Waals surface area contributed by atoms with E-state index in [2.05, 4.69) is 43.1 Å². The standard InChI is InChI=1S/C12H16N2/c1-7(2)11-8(3)5-6-10-9(4)13-14-12(10)11/h5-7H,1-4H3,(H,13,14). The van der Waals surface area contributed by atoms with Crippen molar-refractivity contribution in [3.63, 3.8) is 0 Å². The van der Waals surface area contributed by atoms with Gasteiger partial charge in [0.05, 0.1) is 11.2 Å². The summed E-state index contributed by atoms with van der Waals surface area (Å²) in [7, 11) is 0. The molecule has 0 amide bonds. The van der Waals surface area contributed by atoms with Crippen LogP contribution in [-0.2, 0) is 0 Å². The molecule has 74 valence electrons. The predicted octanol–water partition coefficient (Wildman–Crippen LogP) is 3.30. The zero-order chi connectivity index (χ0) is 10.3. The van der Waals surface area contributed by atoms with Gasteiger partial charge in [-0.3, -0.25) is 5.10 Å². The Morgan fingerprint density at radius 1 is 1.21 bits per heavy atom. The summed E-state index contributed by atoms with van der Waals surface area (Å²) in [6, 6.07) is 4.33. The van der Waals surface area contributed by atoms with Crippen LogP contribution >= 0.6 is 0 Å². The van der Waals surface area contributed by atoms with E-state index in [4.69, 9.17) is 0 Å². The van der Waals surface area contributed by atoms with Gasteiger partial charge in [-0.05, 0) is 30.9 Å². The Morgan fingerprint density at radius 2 is 1.93 bits per heavy atom. The van der Waals surface area contributed by atoms with Crippen molar-refractivity contribution in [2.75, 3.05) is 0 Å². The van der Waals surface area contributed by atoms with Crippen LogP contribution in [-0.4, -0.2) is 10.2 Å². The van der Waals surface area contributed by atoms with Crippen molar-refractivity contribution in [3.05, 3.63) is 29.0 Å². The van der Waals surface area contributed by atoms with Crippen molar-refractivity contribution >= 4 is 10.9 Å². The molecule has 0 radical (unpaired) electrons. The number of aryl methyl sites for hydroxylation is 2. The smallest absolute Gasteiger partial charge is 0.0690 e. The first-order chi connectivity index (χ1) is 6.61. The molecule has 2 nitrogen and oxygen atoms in total. The van der Waals surface area contributed by atoms with Gasteiger partial charge in [-0.15, -0.1) is 0 Å². The minimum Gasteiger partial charge on any atom is -0.277 e. The van der Waals surface area contributed by atoms with Gasteiger partial charge in [-0.1, -0.05) is 26.0 Å². The molecule has 0 atom stereocenters. The molecule has 0 aliphatic rings. The van der Waals surface area contributed by atoms with Crippen LogP contribution in [0, 0.1) is 13.8 Å². The normalized spacial score (nSPS) is 11.5. The first-order valence-corrected chi connectivity index (χ1v) is 5.05. The Balaban J connectivity index is 2.83. The molecule has 0 aliphatic carbocycles. The summed E-state index contributed by atoms with van der Waals surface area (Å²) < 4.78 is 0. The van der Waals surface area contributed by atoms with Gasteiger partial charge in [0.15, 0.2) is 0 Å². The number of nitrogens with one attached hydrogen (secondary N) is 1. The van der Waals surface area contributed by atoms with E-state index in [0.29, 0.717) is 5.92 Å². The quantitative estimate of drug-likeness (QED) is 0.730. The van der Waals surface area contributed by atoms with E-state index in [1.165, 1.54) is 22.0 Å². The van der Waals surface area contributed by atoms with E-state index in [9.17, 15) is 0 Å². The summed E-state index contributed by atoms with van der Waals surface area (Å²) in [5.41, 5.74) is 5.03. The second-order valence-corrected chi connectivity index (χ2v) is 4.18. The molecule has 1 aromatic heterocycles. The fourth-order valence-electron chi connectivity index (χ4n) is 2.09. The fourth-order valence-corrected chi connectivity index (χ4v) is 2.09. The molecule has 0 fully saturated rings. The van der Waals surface area contributed by atoms with E-state index in [0.717, 1.165) is 5.69 Å². The summed E-state index contributed by atoms with van der Waals surface area (Å²) >= 11 is 0. The van der Waals surface area contributed by atoms with Crippen molar-refractivity contribution in [1.82, 2.24) is 10.2 Å². The van der Waals surface area contributed by atoms with Gasteiger partial charge in [0.2, 0.25) is 0 Å². The van der Waals surface area contributed by atoms with Crippen molar-refractivity contribution in [3.8, 4) is 0 Å². The zero-order valence-electron chi connectivity index (χ0n) is 9.18. The highest BCUT2D eigenvalue weighted by atomic mass is 15.1. The van der Waals surface area contributed by atoms with Gasteiger partial charge < -0.3 is 0 Å². The van der Waals surface area contributed by atoms with E-state index in [1.54, 1.807) is 0 Å². The van der Waals surface area contributed by atoms with E-state index >= 15 is 0 Å². The van der Waals surface area contributed by atoms with Crippen LogP contribution in [0.4, 0.5) is 0 Å². The monoisotopic (exact) mass is 188 g/mol. The van der Waals surface area contributed by atoms with Gasteiger partial charge in [-0.2, -0.15) is 5.10 Å². The van der Waals surface area contributed by atoms with Crippen LogP contribution in [0.25, 0.3) is 10.9 Å². The number of H-pyrrole nitrogens is 1. The van der Waals surface area contributed by atoms with Crippen LogP contribution in [0.2, 0.25) is 0 Å². The van der Waals surface area contributed by atoms with Crippen molar-refractivity contribution in [2.24, 2.45) is 0 Å². The van der Waals surface area contributed by atoms with Gasteiger partial charge >= 0.3 is 0 Å². The third kappa shape index (κ3) is 1.22. The highest BCUT2D eigenvalue weighted by Gasteiger charge is 2.11. The molecule has 0 saturated carbocycles. The lowest BCUT2D eigenvalue weighted by Gasteiger charge is -2.10. The Labute approximate surface area is 84.3 Å². The molecular weight excluding hydrogens is 172 g/mol. The van der Waals surface area contributed by atoms with E-state index in [-0.39, 0.29) is 0 Å². The summed E-state index contributed by atoms with van der Waals surface area (Å²) in [6.07, 6.45) is 0. The topological polar surface area (TPSA) is 28.7 Å². The Morgan fingerprint density at radius 3 is 2.57 bits per heavy atom. The molecule has 14 heavy (non-hydrogen) atoms. The van der Waals surface area contributed by atoms with Crippen molar-refractivity contribution < 1.29 is 0 Å². The minimum atomic E-state index is 0.540. The third-order valence-electron chi connectivity index (χ3n) is 2.77. The molecule has 1 heterocycles. The first kappa shape index (κ1) is 9.25. The maximum atomic E-state index is 4.25. The summed E-state index contributed by atoms with van der Waals surface area (Å²) in [5, 5.41) is 8.63. The molecule has 1 aromatic carbocycles. The average Bonchev–Trinajstić information content (AvgIpc) is 2.47. The minimum absolute atomic E-state index is 0.540. The van der Waals surface area contributed by atoms with Gasteiger partial charge in [-0.25, -0.2) is 0 Å². The number of aromatic amines is 1. The van der Waals surface area contributed by atoms with Crippen molar-refractivity contribution in [2.45, 2.75) is 33.6 Å². The lowest BCUT2D eigenvalue weighted by Crippen LogP contribution is -1.93. The molecule has 2 heteroatoms. The molecular formula is C12H16N2. The number of aromatic nitrogens is 2. The van der Waals surface area contributed by atoms with Crippen LogP contribution in [0.15, 0.2) is 12.1 Å². The van der Waals surface area contributed by atoms with Crippen LogP contribution < -0.4 is 0 Å². The number of nitrogens with zero attached hydrogens (tertiary/aromatic N) is 1. The van der Waals surface area contributed by atoms with Gasteiger partial charge in [0, 0.05) is 5.39 Å². The summed E-state index contributed by atoms with van der Waals surface area (Å²) in [6.45, 7) is 8.64. The van der Waals surface area contributed by atoms with E-state index in [1.807, 2.05) is 6.92 Å². The van der Waals surface area contributed by atoms with Crippen molar-refractivity contribution in [1.29, 1.82) is 0 Å². The number of hydrogen-bond donors (Lipinski definition) is 1. The lowest BCUT2D eigenvalue weighted by molar-refractivity contribution is 0.861. The second kappa shape index (κ2) is 3.12. The molecule has 0 spiro atoms. The Hall–Kier alpha value is -1.31. The number of hydrogen-bond acceptors (Lipinski definition) is 1. The zero-order valence-corrected chi connectivity index (χ0v) is 9.18. The van der Waals surface area contributed by atoms with Gasteiger partial charge in [0.1, 0.15) is 0 Å². The number of rotatable bonds is 1. The SMILES string of the molecule is Cc1ccc2c(C)n[nH]c2c1C(C)C. The second-order valence-electron chi connectivity index (χ2n) is 4.18. The van der Waals surface area contributed by atoms with Crippen LogP contribution in [0.1, 0.15) is 36.6 Å². The Bertz CT molecular complexity index is 466. The molecule has 2 aromatic rings. The lowest BCUT2D eigenvalue weighted by atomic mass is 9.95. The highest BCUT2D eigenvalue weighted by Crippen LogP contribution is 2.28. The summed E-state index contributed by atoms with van der Waals surface area (Å²) in [4.78, 5) is 0. The largest absolute Gasteiger partial charge is 0.277 e. The maximum Gasteiger partial charge on any atom is 0.0690 e. The summed E-state index contributed by atoms with van der Waals surface area (Å²) in [5.74, 6) is 0.540. The van der Waals surface area contributed by atoms with Crippen LogP contribution in [0.3, 0.4) is 0 Å². The molecule has 0 bridgehead atoms. The predicted molar refractivity (Wildman–Crippen MR) is 59.7 cm³/mol. The van der Waals surface area contributed by atoms with Gasteiger partial charge in [0.25, 0.3) is 0 Å². The Kier molecular flexibility index (Phi) is 2.06. The number of benzene rings is 1. The molecule has 2 rings (SSSR count). The fraction of sp³-hybridized carbons (Fsp3) is 0.417. The highest BCUT2D eigenvalue weighted by molar-refractivity contribution is 5.85. The first-order valence-electron chi connectivity index (χ1n) is 5.05. The average molecular weight is 188 g/mol. The number of fused-ring (bicyclic) bond motifs is 1. The molecule has 0 saturated heterocycles. The molecule has 0 unspecified atom stereocenters. The maximum absolute atomic E-state index is 4.25. The third-order valence-corrected chi connectivity index (χ3v) is 2.77. The molecule has 0 aliphatic heterocycles.